The molecule has 0 N–H and O–H groups in total. The van der Waals surface area contributed by atoms with Gasteiger partial charge in [-0.1, -0.05) is 23.8 Å². The fourth-order valence-corrected chi connectivity index (χ4v) is 2.30. The molecule has 100 valence electrons. The summed E-state index contributed by atoms with van der Waals surface area (Å²) < 4.78 is 15.1. The summed E-state index contributed by atoms with van der Waals surface area (Å²) in [6, 6.07) is 12.4. The summed E-state index contributed by atoms with van der Waals surface area (Å²) in [6.45, 7) is 3.69. The van der Waals surface area contributed by atoms with Crippen LogP contribution in [-0.4, -0.2) is 4.57 Å². The molecule has 0 radical (unpaired) electrons. The highest BCUT2D eigenvalue weighted by Gasteiger charge is 2.06. The average Bonchev–Trinajstić information content (AvgIpc) is 2.42. The van der Waals surface area contributed by atoms with Crippen LogP contribution in [0.1, 0.15) is 11.1 Å². The van der Waals surface area contributed by atoms with Gasteiger partial charge >= 0.3 is 0 Å². The molecule has 0 spiro atoms. The van der Waals surface area contributed by atoms with Crippen molar-refractivity contribution in [3.8, 4) is 5.69 Å². The summed E-state index contributed by atoms with van der Waals surface area (Å²) in [5.41, 5.74) is 2.08. The van der Waals surface area contributed by atoms with Gasteiger partial charge < -0.3 is 0 Å². The van der Waals surface area contributed by atoms with Crippen molar-refractivity contribution in [2.24, 2.45) is 0 Å². The van der Waals surface area contributed by atoms with Gasteiger partial charge in [0.2, 0.25) is 0 Å². The van der Waals surface area contributed by atoms with Gasteiger partial charge in [0.05, 0.1) is 5.69 Å². The summed E-state index contributed by atoms with van der Waals surface area (Å²) in [5, 5.41) is 1.54. The Labute approximate surface area is 116 Å². The predicted molar refractivity (Wildman–Crippen MR) is 79.0 cm³/mol. The molecule has 3 rings (SSSR count). The Kier molecular flexibility index (Phi) is 2.90. The molecule has 0 bridgehead atoms. The highest BCUT2D eigenvalue weighted by atomic mass is 19.1. The quantitative estimate of drug-likeness (QED) is 0.658. The number of aryl methyl sites for hydroxylation is 2. The fourth-order valence-electron chi connectivity index (χ4n) is 2.30. The van der Waals surface area contributed by atoms with Crippen LogP contribution in [0.2, 0.25) is 0 Å². The summed E-state index contributed by atoms with van der Waals surface area (Å²) in [5.74, 6) is -0.307. The van der Waals surface area contributed by atoms with Crippen LogP contribution in [0.15, 0.2) is 53.5 Å². The van der Waals surface area contributed by atoms with Gasteiger partial charge in [-0.25, -0.2) is 4.39 Å². The Morgan fingerprint density at radius 2 is 1.80 bits per heavy atom. The Morgan fingerprint density at radius 3 is 2.55 bits per heavy atom. The molecule has 0 fully saturated rings. The zero-order valence-corrected chi connectivity index (χ0v) is 11.4. The van der Waals surface area contributed by atoms with Crippen molar-refractivity contribution in [2.75, 3.05) is 0 Å². The van der Waals surface area contributed by atoms with Crippen LogP contribution < -0.4 is 5.56 Å². The molecule has 1 heterocycles. The van der Waals surface area contributed by atoms with E-state index < -0.39 is 0 Å². The molecule has 0 aliphatic carbocycles. The maximum absolute atomic E-state index is 13.6. The molecule has 0 aliphatic rings. The van der Waals surface area contributed by atoms with Gasteiger partial charge in [-0.15, -0.1) is 0 Å². The molecule has 1 aromatic heterocycles. The van der Waals surface area contributed by atoms with Crippen molar-refractivity contribution in [3.63, 3.8) is 0 Å². The van der Waals surface area contributed by atoms with E-state index in [-0.39, 0.29) is 11.4 Å². The first-order valence-corrected chi connectivity index (χ1v) is 6.45. The third-order valence-corrected chi connectivity index (χ3v) is 3.49. The number of nitrogens with zero attached hydrogens (tertiary/aromatic N) is 1. The first kappa shape index (κ1) is 12.6. The number of fused-ring (bicyclic) bond motifs is 1. The smallest absolute Gasteiger partial charge is 0.262 e. The lowest BCUT2D eigenvalue weighted by molar-refractivity contribution is 0.617. The van der Waals surface area contributed by atoms with Crippen molar-refractivity contribution in [1.82, 2.24) is 4.57 Å². The second-order valence-corrected chi connectivity index (χ2v) is 5.02. The fraction of sp³-hybridized carbons (Fsp3) is 0.118. The van der Waals surface area contributed by atoms with E-state index >= 15 is 0 Å². The van der Waals surface area contributed by atoms with Crippen molar-refractivity contribution in [2.45, 2.75) is 13.8 Å². The average molecular weight is 267 g/mol. The molecule has 0 saturated carbocycles. The summed E-state index contributed by atoms with van der Waals surface area (Å²) in [6.07, 6.45) is 1.69. The van der Waals surface area contributed by atoms with E-state index in [2.05, 4.69) is 0 Å². The largest absolute Gasteiger partial charge is 0.284 e. The van der Waals surface area contributed by atoms with Gasteiger partial charge in [-0.3, -0.25) is 9.36 Å². The van der Waals surface area contributed by atoms with Crippen LogP contribution in [0.4, 0.5) is 4.39 Å². The maximum atomic E-state index is 13.6. The van der Waals surface area contributed by atoms with E-state index in [9.17, 15) is 9.18 Å². The second-order valence-electron chi connectivity index (χ2n) is 5.02. The lowest BCUT2D eigenvalue weighted by atomic mass is 10.1. The van der Waals surface area contributed by atoms with E-state index in [1.54, 1.807) is 25.3 Å². The zero-order chi connectivity index (χ0) is 14.3. The number of benzene rings is 2. The standard InChI is InChI=1S/C17H14FNO/c1-11-3-6-15-13(9-11)7-8-19(17(15)20)14-5-4-12(2)16(18)10-14/h3-10H,1-2H3. The van der Waals surface area contributed by atoms with E-state index in [0.29, 0.717) is 16.6 Å². The van der Waals surface area contributed by atoms with Gasteiger partial charge in [-0.05, 0) is 49.1 Å². The van der Waals surface area contributed by atoms with E-state index in [4.69, 9.17) is 0 Å². The summed E-state index contributed by atoms with van der Waals surface area (Å²) in [4.78, 5) is 12.5. The van der Waals surface area contributed by atoms with Crippen molar-refractivity contribution in [3.05, 3.63) is 76.0 Å². The number of hydrogen-bond acceptors (Lipinski definition) is 1. The number of rotatable bonds is 1. The Morgan fingerprint density at radius 1 is 1.00 bits per heavy atom. The van der Waals surface area contributed by atoms with Gasteiger partial charge in [-0.2, -0.15) is 0 Å². The van der Waals surface area contributed by atoms with Crippen LogP contribution in [0.5, 0.6) is 0 Å². The van der Waals surface area contributed by atoms with Crippen molar-refractivity contribution in [1.29, 1.82) is 0 Å². The molecule has 3 aromatic rings. The first-order chi connectivity index (χ1) is 9.56. The van der Waals surface area contributed by atoms with Crippen molar-refractivity contribution >= 4 is 10.8 Å². The molecule has 3 heteroatoms. The SMILES string of the molecule is Cc1ccc2c(=O)n(-c3ccc(C)c(F)c3)ccc2c1. The third-order valence-electron chi connectivity index (χ3n) is 3.49. The molecular weight excluding hydrogens is 253 g/mol. The molecule has 0 unspecified atom stereocenters. The zero-order valence-electron chi connectivity index (χ0n) is 11.4. The number of pyridine rings is 1. The van der Waals surface area contributed by atoms with E-state index in [1.807, 2.05) is 31.2 Å². The normalized spacial score (nSPS) is 10.9. The van der Waals surface area contributed by atoms with E-state index in [0.717, 1.165) is 10.9 Å². The molecule has 2 aromatic carbocycles. The van der Waals surface area contributed by atoms with Crippen LogP contribution in [0.3, 0.4) is 0 Å². The van der Waals surface area contributed by atoms with Gasteiger partial charge in [0.1, 0.15) is 5.82 Å². The minimum absolute atomic E-state index is 0.134. The molecular formula is C17H14FNO. The Hall–Kier alpha value is -2.42. The molecule has 0 atom stereocenters. The lowest BCUT2D eigenvalue weighted by Crippen LogP contribution is -2.17. The molecule has 20 heavy (non-hydrogen) atoms. The Balaban J connectivity index is 2.27. The van der Waals surface area contributed by atoms with Crippen LogP contribution >= 0.6 is 0 Å². The first-order valence-electron chi connectivity index (χ1n) is 6.45. The second kappa shape index (κ2) is 4.60. The van der Waals surface area contributed by atoms with Crippen LogP contribution in [-0.2, 0) is 0 Å². The summed E-state index contributed by atoms with van der Waals surface area (Å²) >= 11 is 0. The highest BCUT2D eigenvalue weighted by molar-refractivity contribution is 5.82. The minimum Gasteiger partial charge on any atom is -0.284 e. The van der Waals surface area contributed by atoms with Crippen molar-refractivity contribution < 1.29 is 4.39 Å². The third kappa shape index (κ3) is 2.01. The van der Waals surface area contributed by atoms with Gasteiger partial charge in [0.15, 0.2) is 0 Å². The van der Waals surface area contributed by atoms with Crippen LogP contribution in [0, 0.1) is 19.7 Å². The molecule has 2 nitrogen and oxygen atoms in total. The number of halogens is 1. The molecule has 0 aliphatic heterocycles. The lowest BCUT2D eigenvalue weighted by Gasteiger charge is -2.08. The monoisotopic (exact) mass is 267 g/mol. The van der Waals surface area contributed by atoms with Crippen LogP contribution in [0.25, 0.3) is 16.5 Å². The molecule has 0 saturated heterocycles. The van der Waals surface area contributed by atoms with Gasteiger partial charge in [0, 0.05) is 11.6 Å². The van der Waals surface area contributed by atoms with E-state index in [1.165, 1.54) is 10.6 Å². The predicted octanol–water partition coefficient (Wildman–Crippen LogP) is 3.75. The van der Waals surface area contributed by atoms with Gasteiger partial charge in [0.25, 0.3) is 5.56 Å². The number of hydrogen-bond donors (Lipinski definition) is 0. The maximum Gasteiger partial charge on any atom is 0.262 e. The number of aromatic nitrogens is 1. The Bertz CT molecular complexity index is 864. The summed E-state index contributed by atoms with van der Waals surface area (Å²) in [7, 11) is 0. The topological polar surface area (TPSA) is 22.0 Å². The molecule has 0 amide bonds. The highest BCUT2D eigenvalue weighted by Crippen LogP contribution is 2.16. The minimum atomic E-state index is -0.307.